The Bertz CT molecular complexity index is 524. The molecule has 0 spiro atoms. The Hall–Kier alpha value is -1.28. The number of carbonyl (C=O) groups is 2. The van der Waals surface area contributed by atoms with Crippen LogP contribution in [0.5, 0.6) is 0 Å². The van der Waals surface area contributed by atoms with Gasteiger partial charge in [0.25, 0.3) is 0 Å². The van der Waals surface area contributed by atoms with Crippen molar-refractivity contribution in [3.05, 3.63) is 24.3 Å². The first kappa shape index (κ1) is 19.8. The molecule has 1 fully saturated rings. The Labute approximate surface area is 146 Å². The van der Waals surface area contributed by atoms with E-state index in [0.29, 0.717) is 12.2 Å². The molecule has 23 heavy (non-hydrogen) atoms. The standard InChI is InChI=1S/C15H21N3O3S.ClH/c16-14(19)10-22-13-6-2-1-5-12(13)18-15(20)9-17-8-11-4-3-7-21-11;/h1-2,5-6,11,17H,3-4,7-10H2,(H2,16,19)(H,18,20);1H. The monoisotopic (exact) mass is 359 g/mol. The van der Waals surface area contributed by atoms with Gasteiger partial charge in [0.15, 0.2) is 0 Å². The molecule has 0 bridgehead atoms. The molecule has 4 N–H and O–H groups in total. The highest BCUT2D eigenvalue weighted by Crippen LogP contribution is 2.26. The number of thioether (sulfide) groups is 1. The number of hydrogen-bond donors (Lipinski definition) is 3. The van der Waals surface area contributed by atoms with Crippen LogP contribution in [0.4, 0.5) is 5.69 Å². The predicted octanol–water partition coefficient (Wildman–Crippen LogP) is 1.39. The molecule has 1 heterocycles. The van der Waals surface area contributed by atoms with Crippen LogP contribution >= 0.6 is 24.2 Å². The van der Waals surface area contributed by atoms with Gasteiger partial charge in [0.05, 0.1) is 24.1 Å². The molecule has 1 aromatic rings. The number of primary amides is 1. The summed E-state index contributed by atoms with van der Waals surface area (Å²) < 4.78 is 5.49. The molecule has 8 heteroatoms. The van der Waals surface area contributed by atoms with E-state index < -0.39 is 0 Å². The first-order valence-electron chi connectivity index (χ1n) is 7.27. The molecular formula is C15H22ClN3O3S. The molecule has 0 saturated carbocycles. The summed E-state index contributed by atoms with van der Waals surface area (Å²) in [6.45, 7) is 1.73. The number of carbonyl (C=O) groups excluding carboxylic acids is 2. The van der Waals surface area contributed by atoms with E-state index in [2.05, 4.69) is 10.6 Å². The number of ether oxygens (including phenoxy) is 1. The number of amides is 2. The number of anilines is 1. The molecule has 1 aromatic carbocycles. The van der Waals surface area contributed by atoms with Crippen LogP contribution in [-0.4, -0.2) is 43.4 Å². The second kappa shape index (κ2) is 10.5. The third-order valence-electron chi connectivity index (χ3n) is 3.21. The van der Waals surface area contributed by atoms with Crippen molar-refractivity contribution in [2.75, 3.05) is 30.8 Å². The van der Waals surface area contributed by atoms with Gasteiger partial charge in [-0.1, -0.05) is 12.1 Å². The second-order valence-electron chi connectivity index (χ2n) is 5.07. The topological polar surface area (TPSA) is 93.5 Å². The summed E-state index contributed by atoms with van der Waals surface area (Å²) in [4.78, 5) is 23.7. The maximum atomic E-state index is 12.0. The largest absolute Gasteiger partial charge is 0.377 e. The summed E-state index contributed by atoms with van der Waals surface area (Å²) in [5.74, 6) is -0.320. The van der Waals surface area contributed by atoms with E-state index in [1.54, 1.807) is 6.07 Å². The van der Waals surface area contributed by atoms with Crippen LogP contribution in [0.25, 0.3) is 0 Å². The van der Waals surface area contributed by atoms with Gasteiger partial charge in [-0.3, -0.25) is 9.59 Å². The van der Waals surface area contributed by atoms with Gasteiger partial charge in [-0.15, -0.1) is 24.2 Å². The second-order valence-corrected chi connectivity index (χ2v) is 6.08. The van der Waals surface area contributed by atoms with Crippen LogP contribution in [0.2, 0.25) is 0 Å². The summed E-state index contributed by atoms with van der Waals surface area (Å²) in [6.07, 6.45) is 2.34. The average Bonchev–Trinajstić information content (AvgIpc) is 2.99. The van der Waals surface area contributed by atoms with E-state index in [1.165, 1.54) is 11.8 Å². The van der Waals surface area contributed by atoms with Gasteiger partial charge in [-0.25, -0.2) is 0 Å². The minimum Gasteiger partial charge on any atom is -0.377 e. The molecule has 0 aliphatic carbocycles. The molecule has 1 aliphatic rings. The van der Waals surface area contributed by atoms with Crippen molar-refractivity contribution in [3.8, 4) is 0 Å². The molecule has 128 valence electrons. The smallest absolute Gasteiger partial charge is 0.238 e. The lowest BCUT2D eigenvalue weighted by molar-refractivity contribution is -0.116. The van der Waals surface area contributed by atoms with Crippen LogP contribution in [0, 0.1) is 0 Å². The van der Waals surface area contributed by atoms with Crippen molar-refractivity contribution < 1.29 is 14.3 Å². The van der Waals surface area contributed by atoms with Gasteiger partial charge in [0.2, 0.25) is 11.8 Å². The fourth-order valence-electron chi connectivity index (χ4n) is 2.19. The summed E-state index contributed by atoms with van der Waals surface area (Å²) in [7, 11) is 0. The van der Waals surface area contributed by atoms with Gasteiger partial charge in [-0.05, 0) is 25.0 Å². The predicted molar refractivity (Wildman–Crippen MR) is 94.1 cm³/mol. The number of benzene rings is 1. The van der Waals surface area contributed by atoms with Crippen LogP contribution in [0.1, 0.15) is 12.8 Å². The lowest BCUT2D eigenvalue weighted by Gasteiger charge is -2.12. The SMILES string of the molecule is Cl.NC(=O)CSc1ccccc1NC(=O)CNCC1CCCO1. The fourth-order valence-corrected chi connectivity index (χ4v) is 2.94. The van der Waals surface area contributed by atoms with Crippen molar-refractivity contribution in [1.82, 2.24) is 5.32 Å². The maximum Gasteiger partial charge on any atom is 0.238 e. The normalized spacial score (nSPS) is 16.6. The van der Waals surface area contributed by atoms with Gasteiger partial charge in [0.1, 0.15) is 0 Å². The number of halogens is 1. The van der Waals surface area contributed by atoms with Crippen LogP contribution < -0.4 is 16.4 Å². The van der Waals surface area contributed by atoms with Gasteiger partial charge in [-0.2, -0.15) is 0 Å². The zero-order chi connectivity index (χ0) is 15.8. The van der Waals surface area contributed by atoms with Gasteiger partial charge in [0, 0.05) is 18.0 Å². The van der Waals surface area contributed by atoms with Crippen molar-refractivity contribution in [2.45, 2.75) is 23.8 Å². The van der Waals surface area contributed by atoms with Gasteiger partial charge < -0.3 is 21.1 Å². The Morgan fingerprint density at radius 2 is 2.13 bits per heavy atom. The minimum atomic E-state index is -0.385. The number of nitrogens with two attached hydrogens (primary N) is 1. The lowest BCUT2D eigenvalue weighted by atomic mass is 10.2. The molecule has 1 unspecified atom stereocenters. The maximum absolute atomic E-state index is 12.0. The Kier molecular flexibility index (Phi) is 9.01. The van der Waals surface area contributed by atoms with Crippen molar-refractivity contribution in [2.24, 2.45) is 5.73 Å². The van der Waals surface area contributed by atoms with Crippen LogP contribution in [0.3, 0.4) is 0 Å². The number of rotatable bonds is 8. The molecule has 1 aliphatic heterocycles. The molecule has 1 atom stereocenters. The van der Waals surface area contributed by atoms with Crippen molar-refractivity contribution >= 4 is 41.7 Å². The van der Waals surface area contributed by atoms with Gasteiger partial charge >= 0.3 is 0 Å². The third-order valence-corrected chi connectivity index (χ3v) is 4.31. The zero-order valence-corrected chi connectivity index (χ0v) is 14.4. The van der Waals surface area contributed by atoms with E-state index >= 15 is 0 Å². The zero-order valence-electron chi connectivity index (χ0n) is 12.7. The fraction of sp³-hybridized carbons (Fsp3) is 0.467. The summed E-state index contributed by atoms with van der Waals surface area (Å²) in [5, 5.41) is 5.94. The molecule has 2 rings (SSSR count). The quantitative estimate of drug-likeness (QED) is 0.610. The highest BCUT2D eigenvalue weighted by molar-refractivity contribution is 8.00. The molecule has 1 saturated heterocycles. The average molecular weight is 360 g/mol. The van der Waals surface area contributed by atoms with E-state index in [0.717, 1.165) is 24.3 Å². The summed E-state index contributed by atoms with van der Waals surface area (Å²) in [6, 6.07) is 7.35. The van der Waals surface area contributed by atoms with E-state index in [1.807, 2.05) is 18.2 Å². The third kappa shape index (κ3) is 7.22. The summed E-state index contributed by atoms with van der Waals surface area (Å²) >= 11 is 1.31. The molecule has 0 aromatic heterocycles. The van der Waals surface area contributed by atoms with E-state index in [-0.39, 0.29) is 42.6 Å². The van der Waals surface area contributed by atoms with Crippen molar-refractivity contribution in [1.29, 1.82) is 0 Å². The number of hydrogen-bond acceptors (Lipinski definition) is 5. The summed E-state index contributed by atoms with van der Waals surface area (Å²) in [5.41, 5.74) is 5.84. The molecule has 0 radical (unpaired) electrons. The molecule has 6 nitrogen and oxygen atoms in total. The number of para-hydroxylation sites is 1. The minimum absolute atomic E-state index is 0. The Morgan fingerprint density at radius 1 is 1.35 bits per heavy atom. The highest BCUT2D eigenvalue weighted by atomic mass is 35.5. The van der Waals surface area contributed by atoms with Crippen LogP contribution in [0.15, 0.2) is 29.2 Å². The Morgan fingerprint density at radius 3 is 2.83 bits per heavy atom. The van der Waals surface area contributed by atoms with Crippen molar-refractivity contribution in [3.63, 3.8) is 0 Å². The molecular weight excluding hydrogens is 338 g/mol. The lowest BCUT2D eigenvalue weighted by Crippen LogP contribution is -2.33. The first-order chi connectivity index (χ1) is 10.6. The van der Waals surface area contributed by atoms with Crippen LogP contribution in [-0.2, 0) is 14.3 Å². The molecule has 2 amide bonds. The first-order valence-corrected chi connectivity index (χ1v) is 8.26. The highest BCUT2D eigenvalue weighted by Gasteiger charge is 2.15. The number of nitrogens with one attached hydrogen (secondary N) is 2. The Balaban J connectivity index is 0.00000264. The van der Waals surface area contributed by atoms with E-state index in [4.69, 9.17) is 10.5 Å². The van der Waals surface area contributed by atoms with E-state index in [9.17, 15) is 9.59 Å².